The molecule has 5 rings (SSSR count). The minimum absolute atomic E-state index is 0.105. The first-order chi connectivity index (χ1) is 18.0. The topological polar surface area (TPSA) is 102 Å². The van der Waals surface area contributed by atoms with Crippen molar-refractivity contribution in [2.45, 2.75) is 32.4 Å². The minimum Gasteiger partial charge on any atom is -0.489 e. The summed E-state index contributed by atoms with van der Waals surface area (Å²) in [5.74, 6) is 1.65. The van der Waals surface area contributed by atoms with Gasteiger partial charge < -0.3 is 19.9 Å². The van der Waals surface area contributed by atoms with Crippen LogP contribution in [0.3, 0.4) is 0 Å². The summed E-state index contributed by atoms with van der Waals surface area (Å²) in [6.45, 7) is 10.9. The van der Waals surface area contributed by atoms with Crippen molar-refractivity contribution in [1.82, 2.24) is 19.7 Å². The number of anilines is 1. The van der Waals surface area contributed by atoms with Crippen LogP contribution in [0.4, 0.5) is 15.9 Å². The van der Waals surface area contributed by atoms with E-state index >= 15 is 0 Å². The summed E-state index contributed by atoms with van der Waals surface area (Å²) in [6, 6.07) is 11.4. The van der Waals surface area contributed by atoms with Crippen LogP contribution in [0.5, 0.6) is 17.2 Å². The number of nitrogens with two attached hydrogens (primary N) is 1. The van der Waals surface area contributed by atoms with Gasteiger partial charge in [0.15, 0.2) is 0 Å². The fourth-order valence-corrected chi connectivity index (χ4v) is 4.11. The van der Waals surface area contributed by atoms with Crippen molar-refractivity contribution in [3.05, 3.63) is 83.5 Å². The molecule has 9 nitrogen and oxygen atoms in total. The van der Waals surface area contributed by atoms with Crippen LogP contribution in [0, 0.1) is 19.3 Å². The Hall–Kier alpha value is -4.49. The molecule has 2 N–H and O–H groups in total. The maximum absolute atomic E-state index is 14.2. The predicted octanol–water partition coefficient (Wildman–Crippen LogP) is 5.64. The van der Waals surface area contributed by atoms with E-state index in [0.29, 0.717) is 47.7 Å². The highest BCUT2D eigenvalue weighted by Gasteiger charge is 2.24. The highest BCUT2D eigenvalue weighted by molar-refractivity contribution is 5.83. The summed E-state index contributed by atoms with van der Waals surface area (Å²) in [5, 5.41) is 4.67. The van der Waals surface area contributed by atoms with Crippen LogP contribution in [0.2, 0.25) is 0 Å². The van der Waals surface area contributed by atoms with Gasteiger partial charge in [-0.3, -0.25) is 4.68 Å². The van der Waals surface area contributed by atoms with Crippen LogP contribution < -0.4 is 15.2 Å². The predicted molar refractivity (Wildman–Crippen MR) is 135 cm³/mol. The molecule has 1 aliphatic rings. The molecule has 0 spiro atoms. The molecule has 1 aliphatic heterocycles. The number of ether oxygens (including phenoxy) is 3. The normalized spacial score (nSPS) is 13.8. The van der Waals surface area contributed by atoms with Gasteiger partial charge in [-0.2, -0.15) is 5.10 Å². The van der Waals surface area contributed by atoms with E-state index in [1.807, 2.05) is 0 Å². The number of nitrogens with zero attached hydrogens (tertiary/aromatic N) is 5. The number of nitrogen functional groups attached to an aromatic ring is 1. The van der Waals surface area contributed by atoms with Crippen LogP contribution in [0.15, 0.2) is 54.9 Å². The molecule has 3 heterocycles. The first-order valence-electron chi connectivity index (χ1n) is 11.8. The average molecular weight is 501 g/mol. The number of aryl methyl sites for hydroxylation is 1. The summed E-state index contributed by atoms with van der Waals surface area (Å²) in [5.41, 5.74) is 8.63. The van der Waals surface area contributed by atoms with Gasteiger partial charge in [0.2, 0.25) is 0 Å². The van der Waals surface area contributed by atoms with Gasteiger partial charge in [-0.1, -0.05) is 12.1 Å². The Morgan fingerprint density at radius 2 is 1.78 bits per heavy atom. The van der Waals surface area contributed by atoms with Crippen LogP contribution in [0.25, 0.3) is 16.1 Å². The molecule has 4 aromatic rings. The maximum Gasteiger partial charge on any atom is 0.254 e. The number of hydrogen-bond donors (Lipinski definition) is 1. The van der Waals surface area contributed by atoms with E-state index in [4.69, 9.17) is 26.5 Å². The SMILES string of the molecule is [C-]#[N+]c1c(-c2ccc(Oc3cc(F)cc(OCc4cnc(C)nc4)c3)cc2)nn(C2CCOCC2)c1N. The molecule has 0 radical (unpaired) electrons. The Labute approximate surface area is 213 Å². The molecule has 37 heavy (non-hydrogen) atoms. The fraction of sp³-hybridized carbons (Fsp3) is 0.259. The van der Waals surface area contributed by atoms with Crippen LogP contribution in [-0.2, 0) is 11.3 Å². The van der Waals surface area contributed by atoms with Crippen molar-refractivity contribution < 1.29 is 18.6 Å². The van der Waals surface area contributed by atoms with Crippen LogP contribution >= 0.6 is 0 Å². The molecule has 188 valence electrons. The lowest BCUT2D eigenvalue weighted by molar-refractivity contribution is 0.0669. The number of aromatic nitrogens is 4. The van der Waals surface area contributed by atoms with E-state index in [0.717, 1.165) is 24.0 Å². The molecule has 0 saturated carbocycles. The van der Waals surface area contributed by atoms with Crippen molar-refractivity contribution >= 4 is 11.5 Å². The average Bonchev–Trinajstić information content (AvgIpc) is 3.25. The van der Waals surface area contributed by atoms with Crippen LogP contribution in [0.1, 0.15) is 30.3 Å². The van der Waals surface area contributed by atoms with Gasteiger partial charge >= 0.3 is 0 Å². The lowest BCUT2D eigenvalue weighted by atomic mass is 10.1. The number of hydrogen-bond acceptors (Lipinski definition) is 7. The molecule has 1 saturated heterocycles. The third kappa shape index (κ3) is 5.52. The summed E-state index contributed by atoms with van der Waals surface area (Å²) < 4.78 is 33.0. The monoisotopic (exact) mass is 500 g/mol. The first kappa shape index (κ1) is 24.2. The van der Waals surface area contributed by atoms with Crippen LogP contribution in [-0.4, -0.2) is 33.0 Å². The lowest BCUT2D eigenvalue weighted by Gasteiger charge is -2.23. The third-order valence-electron chi connectivity index (χ3n) is 6.02. The molecule has 1 fully saturated rings. The zero-order chi connectivity index (χ0) is 25.8. The second-order valence-electron chi connectivity index (χ2n) is 8.66. The molecule has 0 unspecified atom stereocenters. The third-order valence-corrected chi connectivity index (χ3v) is 6.02. The molecule has 0 aliphatic carbocycles. The lowest BCUT2D eigenvalue weighted by Crippen LogP contribution is -2.21. The van der Waals surface area contributed by atoms with Gasteiger partial charge in [-0.25, -0.2) is 19.2 Å². The molecule has 0 atom stereocenters. The van der Waals surface area contributed by atoms with Gasteiger partial charge in [0.25, 0.3) is 5.69 Å². The van der Waals surface area contributed by atoms with Crippen molar-refractivity contribution in [1.29, 1.82) is 0 Å². The zero-order valence-electron chi connectivity index (χ0n) is 20.2. The maximum atomic E-state index is 14.2. The van der Waals surface area contributed by atoms with E-state index < -0.39 is 5.82 Å². The summed E-state index contributed by atoms with van der Waals surface area (Å²) in [7, 11) is 0. The quantitative estimate of drug-likeness (QED) is 0.328. The van der Waals surface area contributed by atoms with Crippen molar-refractivity contribution in [2.75, 3.05) is 18.9 Å². The van der Waals surface area contributed by atoms with E-state index in [9.17, 15) is 4.39 Å². The first-order valence-corrected chi connectivity index (χ1v) is 11.8. The van der Waals surface area contributed by atoms with Gasteiger partial charge in [0.1, 0.15) is 47.0 Å². The molecule has 0 bridgehead atoms. The Morgan fingerprint density at radius 1 is 1.08 bits per heavy atom. The zero-order valence-corrected chi connectivity index (χ0v) is 20.2. The van der Waals surface area contributed by atoms with E-state index in [2.05, 4.69) is 19.9 Å². The van der Waals surface area contributed by atoms with E-state index in [-0.39, 0.29) is 18.4 Å². The summed E-state index contributed by atoms with van der Waals surface area (Å²) in [6.07, 6.45) is 4.93. The Balaban J connectivity index is 1.31. The highest BCUT2D eigenvalue weighted by Crippen LogP contribution is 2.39. The smallest absolute Gasteiger partial charge is 0.254 e. The van der Waals surface area contributed by atoms with Gasteiger partial charge in [0.05, 0.1) is 12.6 Å². The second-order valence-corrected chi connectivity index (χ2v) is 8.66. The Bertz CT molecular complexity index is 1420. The second kappa shape index (κ2) is 10.6. The molecule has 2 aromatic carbocycles. The molecule has 10 heteroatoms. The largest absolute Gasteiger partial charge is 0.489 e. The Morgan fingerprint density at radius 3 is 2.49 bits per heavy atom. The number of benzene rings is 2. The number of halogens is 1. The minimum atomic E-state index is -0.486. The summed E-state index contributed by atoms with van der Waals surface area (Å²) in [4.78, 5) is 11.9. The molecule has 2 aromatic heterocycles. The van der Waals surface area contributed by atoms with Crippen molar-refractivity contribution in [3.63, 3.8) is 0 Å². The van der Waals surface area contributed by atoms with E-state index in [1.165, 1.54) is 12.1 Å². The Kier molecular flexibility index (Phi) is 6.96. The van der Waals surface area contributed by atoms with Gasteiger partial charge in [-0.05, 0) is 37.5 Å². The standard InChI is InChI=1S/C27H25FN6O3/c1-17-31-14-18(15-32-17)16-36-23-11-20(28)12-24(13-23)37-22-5-3-19(4-6-22)25-26(30-2)27(29)34(33-25)21-7-9-35-10-8-21/h3-6,11-15,21H,7-10,16,29H2,1H3. The number of rotatable bonds is 7. The highest BCUT2D eigenvalue weighted by atomic mass is 19.1. The summed E-state index contributed by atoms with van der Waals surface area (Å²) >= 11 is 0. The van der Waals surface area contributed by atoms with E-state index in [1.54, 1.807) is 54.3 Å². The fourth-order valence-electron chi connectivity index (χ4n) is 4.11. The van der Waals surface area contributed by atoms with Crippen molar-refractivity contribution in [3.8, 4) is 28.5 Å². The molecule has 0 amide bonds. The molecular weight excluding hydrogens is 475 g/mol. The molecular formula is C27H25FN6O3. The van der Waals surface area contributed by atoms with Crippen molar-refractivity contribution in [2.24, 2.45) is 0 Å². The van der Waals surface area contributed by atoms with Gasteiger partial charge in [0, 0.05) is 49.4 Å². The van der Waals surface area contributed by atoms with Gasteiger partial charge in [-0.15, -0.1) is 0 Å².